The van der Waals surface area contributed by atoms with Gasteiger partial charge in [0.05, 0.1) is 11.2 Å². The van der Waals surface area contributed by atoms with E-state index in [1.807, 2.05) is 27.7 Å². The summed E-state index contributed by atoms with van der Waals surface area (Å²) in [4.78, 5) is 12.3. The second-order valence-corrected chi connectivity index (χ2v) is 7.52. The molecule has 0 spiro atoms. The summed E-state index contributed by atoms with van der Waals surface area (Å²) in [6.45, 7) is 9.28. The lowest BCUT2D eigenvalue weighted by Crippen LogP contribution is -2.41. The maximum absolute atomic E-state index is 15.0. The third-order valence-electron chi connectivity index (χ3n) is 5.23. The highest BCUT2D eigenvalue weighted by Gasteiger charge is 2.52. The first kappa shape index (κ1) is 18.6. The number of carbonyl (C=O) groups is 1. The highest BCUT2D eigenvalue weighted by Crippen LogP contribution is 2.37. The molecule has 6 nitrogen and oxygen atoms in total. The zero-order valence-electron chi connectivity index (χ0n) is 15.9. The van der Waals surface area contributed by atoms with E-state index in [-0.39, 0.29) is 5.91 Å². The highest BCUT2D eigenvalue weighted by molar-refractivity contribution is 6.62. The van der Waals surface area contributed by atoms with E-state index in [9.17, 15) is 9.18 Å². The molecule has 0 atom stereocenters. The van der Waals surface area contributed by atoms with Crippen molar-refractivity contribution in [3.05, 3.63) is 41.5 Å². The first-order valence-corrected chi connectivity index (χ1v) is 8.47. The summed E-state index contributed by atoms with van der Waals surface area (Å²) in [6.07, 6.45) is 1.53. The molecule has 3 rings (SSSR count). The van der Waals surface area contributed by atoms with Gasteiger partial charge in [-0.25, -0.2) is 4.39 Å². The van der Waals surface area contributed by atoms with Crippen molar-refractivity contribution in [2.75, 3.05) is 5.32 Å². The number of benzene rings is 1. The van der Waals surface area contributed by atoms with Crippen LogP contribution >= 0.6 is 0 Å². The van der Waals surface area contributed by atoms with E-state index < -0.39 is 24.1 Å². The monoisotopic (exact) mass is 359 g/mol. The zero-order valence-corrected chi connectivity index (χ0v) is 15.9. The second-order valence-electron chi connectivity index (χ2n) is 7.52. The quantitative estimate of drug-likeness (QED) is 0.855. The van der Waals surface area contributed by atoms with Crippen molar-refractivity contribution >= 4 is 24.2 Å². The summed E-state index contributed by atoms with van der Waals surface area (Å²) >= 11 is 0. The largest absolute Gasteiger partial charge is 0.497 e. The molecular weight excluding hydrogens is 336 g/mol. The van der Waals surface area contributed by atoms with Crippen molar-refractivity contribution in [3.63, 3.8) is 0 Å². The van der Waals surface area contributed by atoms with Gasteiger partial charge in [0, 0.05) is 30.0 Å². The van der Waals surface area contributed by atoms with Crippen LogP contribution in [0.2, 0.25) is 0 Å². The van der Waals surface area contributed by atoms with Crippen molar-refractivity contribution in [1.82, 2.24) is 9.78 Å². The van der Waals surface area contributed by atoms with Gasteiger partial charge in [0.1, 0.15) is 11.5 Å². The summed E-state index contributed by atoms with van der Waals surface area (Å²) in [5.41, 5.74) is 0.329. The predicted molar refractivity (Wildman–Crippen MR) is 98.0 cm³/mol. The molecule has 1 amide bonds. The molecule has 1 aliphatic rings. The maximum Gasteiger partial charge on any atom is 0.497 e. The second kappa shape index (κ2) is 6.21. The predicted octanol–water partition coefficient (Wildman–Crippen LogP) is 2.42. The minimum absolute atomic E-state index is 0.319. The van der Waals surface area contributed by atoms with Crippen LogP contribution in [0.3, 0.4) is 0 Å². The topological polar surface area (TPSA) is 65.4 Å². The molecule has 1 aromatic carbocycles. The average molecular weight is 359 g/mol. The van der Waals surface area contributed by atoms with E-state index in [0.29, 0.717) is 22.4 Å². The van der Waals surface area contributed by atoms with Crippen LogP contribution < -0.4 is 10.8 Å². The summed E-state index contributed by atoms with van der Waals surface area (Å²) in [5, 5.41) is 6.68. The molecule has 26 heavy (non-hydrogen) atoms. The number of anilines is 1. The van der Waals surface area contributed by atoms with Crippen LogP contribution in [-0.2, 0) is 16.4 Å². The van der Waals surface area contributed by atoms with Gasteiger partial charge in [0.25, 0.3) is 5.91 Å². The molecule has 1 saturated heterocycles. The fourth-order valence-corrected chi connectivity index (χ4v) is 2.78. The Balaban J connectivity index is 1.86. The van der Waals surface area contributed by atoms with Crippen molar-refractivity contribution in [1.29, 1.82) is 0 Å². The van der Waals surface area contributed by atoms with Crippen molar-refractivity contribution in [2.45, 2.75) is 45.8 Å². The first-order chi connectivity index (χ1) is 12.0. The SMILES string of the molecule is Cc1c(NC(=O)c2ccnn2C)ccc(B2OC(C)(C)C(C)(C)O2)c1F. The number of nitrogens with one attached hydrogen (secondary N) is 1. The van der Waals surface area contributed by atoms with Gasteiger partial charge in [-0.1, -0.05) is 6.07 Å². The molecule has 0 radical (unpaired) electrons. The van der Waals surface area contributed by atoms with E-state index in [4.69, 9.17) is 9.31 Å². The molecule has 1 N–H and O–H groups in total. The minimum atomic E-state index is -0.791. The Bertz CT molecular complexity index is 847. The molecule has 0 unspecified atom stereocenters. The Labute approximate surface area is 152 Å². The van der Waals surface area contributed by atoms with Crippen molar-refractivity contribution in [3.8, 4) is 0 Å². The van der Waals surface area contributed by atoms with E-state index in [0.717, 1.165) is 0 Å². The standard InChI is InChI=1S/C18H23BFN3O3/c1-11-13(22-16(24)14-9-10-21-23(14)6)8-7-12(15(11)20)19-25-17(2,3)18(4,5)26-19/h7-10H,1-6H3,(H,22,24). The molecule has 2 aromatic rings. The van der Waals surface area contributed by atoms with Gasteiger partial charge in [-0.2, -0.15) is 5.10 Å². The van der Waals surface area contributed by atoms with Gasteiger partial charge in [-0.15, -0.1) is 0 Å². The molecule has 138 valence electrons. The van der Waals surface area contributed by atoms with E-state index in [1.165, 1.54) is 10.9 Å². The molecule has 1 fully saturated rings. The van der Waals surface area contributed by atoms with E-state index in [1.54, 1.807) is 32.2 Å². The van der Waals surface area contributed by atoms with Gasteiger partial charge >= 0.3 is 7.12 Å². The molecular formula is C18H23BFN3O3. The smallest absolute Gasteiger partial charge is 0.399 e. The number of hydrogen-bond donors (Lipinski definition) is 1. The van der Waals surface area contributed by atoms with E-state index >= 15 is 0 Å². The summed E-state index contributed by atoms with van der Waals surface area (Å²) < 4.78 is 28.3. The van der Waals surface area contributed by atoms with Crippen LogP contribution in [0.5, 0.6) is 0 Å². The lowest BCUT2D eigenvalue weighted by Gasteiger charge is -2.32. The van der Waals surface area contributed by atoms with Crippen LogP contribution in [0.25, 0.3) is 0 Å². The molecule has 1 aliphatic heterocycles. The molecule has 2 heterocycles. The van der Waals surface area contributed by atoms with Gasteiger partial charge in [0.15, 0.2) is 0 Å². The normalized spacial score (nSPS) is 18.2. The Morgan fingerprint density at radius 1 is 1.19 bits per heavy atom. The number of amides is 1. The van der Waals surface area contributed by atoms with Crippen LogP contribution in [0, 0.1) is 12.7 Å². The average Bonchev–Trinajstić information content (AvgIpc) is 3.05. The van der Waals surface area contributed by atoms with Crippen molar-refractivity contribution in [2.24, 2.45) is 7.05 Å². The van der Waals surface area contributed by atoms with E-state index in [2.05, 4.69) is 10.4 Å². The van der Waals surface area contributed by atoms with Gasteiger partial charge in [0.2, 0.25) is 0 Å². The number of aryl methyl sites for hydroxylation is 1. The summed E-state index contributed by atoms with van der Waals surface area (Å²) in [5.74, 6) is -0.804. The minimum Gasteiger partial charge on any atom is -0.399 e. The van der Waals surface area contributed by atoms with Gasteiger partial charge in [-0.05, 0) is 46.8 Å². The summed E-state index contributed by atoms with van der Waals surface area (Å²) in [7, 11) is 0.879. The van der Waals surface area contributed by atoms with Crippen LogP contribution in [0.4, 0.5) is 10.1 Å². The highest BCUT2D eigenvalue weighted by atomic mass is 19.1. The summed E-state index contributed by atoms with van der Waals surface area (Å²) in [6, 6.07) is 4.84. The Kier molecular flexibility index (Phi) is 4.44. The molecule has 1 aromatic heterocycles. The lowest BCUT2D eigenvalue weighted by molar-refractivity contribution is 0.00578. The molecule has 8 heteroatoms. The fourth-order valence-electron chi connectivity index (χ4n) is 2.78. The molecule has 0 saturated carbocycles. The van der Waals surface area contributed by atoms with Gasteiger partial charge in [-0.3, -0.25) is 9.48 Å². The number of rotatable bonds is 3. The molecule has 0 aliphatic carbocycles. The van der Waals surface area contributed by atoms with Crippen LogP contribution in [-0.4, -0.2) is 34.0 Å². The molecule has 0 bridgehead atoms. The van der Waals surface area contributed by atoms with Gasteiger partial charge < -0.3 is 14.6 Å². The maximum atomic E-state index is 15.0. The fraction of sp³-hybridized carbons (Fsp3) is 0.444. The van der Waals surface area contributed by atoms with Crippen LogP contribution in [0.1, 0.15) is 43.7 Å². The number of hydrogen-bond acceptors (Lipinski definition) is 4. The van der Waals surface area contributed by atoms with Crippen molar-refractivity contribution < 1.29 is 18.5 Å². The number of carbonyl (C=O) groups excluding carboxylic acids is 1. The number of halogens is 1. The number of nitrogens with zero attached hydrogens (tertiary/aromatic N) is 2. The zero-order chi connectivity index (χ0) is 19.3. The Morgan fingerprint density at radius 2 is 1.81 bits per heavy atom. The lowest BCUT2D eigenvalue weighted by atomic mass is 9.77. The third-order valence-corrected chi connectivity index (χ3v) is 5.23. The number of aromatic nitrogens is 2. The Hall–Kier alpha value is -2.19. The first-order valence-electron chi connectivity index (χ1n) is 8.47. The third kappa shape index (κ3) is 3.03. The Morgan fingerprint density at radius 3 is 2.35 bits per heavy atom. The van der Waals surface area contributed by atoms with Crippen LogP contribution in [0.15, 0.2) is 24.4 Å².